The zero-order valence-corrected chi connectivity index (χ0v) is 34.8. The molecular formula is C38H86O6P2. The molecule has 0 saturated carbocycles. The predicted molar refractivity (Wildman–Crippen MR) is 209 cm³/mol. The van der Waals surface area contributed by atoms with Crippen LogP contribution in [0.4, 0.5) is 0 Å². The van der Waals surface area contributed by atoms with Crippen LogP contribution in [0.1, 0.15) is 210 Å². The van der Waals surface area contributed by atoms with Crippen LogP contribution in [0.25, 0.3) is 0 Å². The molecule has 0 aliphatic heterocycles. The zero-order chi connectivity index (χ0) is 35.1. The van der Waals surface area contributed by atoms with Gasteiger partial charge in [0.05, 0.1) is 0 Å². The first-order valence-electron chi connectivity index (χ1n) is 19.9. The zero-order valence-electron chi connectivity index (χ0n) is 32.8. The predicted octanol–water partition coefficient (Wildman–Crippen LogP) is 13.3. The van der Waals surface area contributed by atoms with Crippen LogP contribution in [-0.2, 0) is 18.1 Å². The van der Waals surface area contributed by atoms with Crippen LogP contribution in [0.2, 0.25) is 0 Å². The van der Waals surface area contributed by atoms with Crippen molar-refractivity contribution < 1.29 is 27.9 Å². The maximum absolute atomic E-state index is 10.6. The van der Waals surface area contributed by atoms with Gasteiger partial charge in [-0.3, -0.25) is 0 Å². The van der Waals surface area contributed by atoms with Crippen molar-refractivity contribution in [2.24, 2.45) is 0 Å². The molecule has 6 nitrogen and oxygen atoms in total. The van der Waals surface area contributed by atoms with Crippen LogP contribution in [0, 0.1) is 0 Å². The van der Waals surface area contributed by atoms with E-state index in [-0.39, 0.29) is 24.4 Å². The van der Waals surface area contributed by atoms with Gasteiger partial charge in [-0.1, -0.05) is 13.8 Å². The van der Waals surface area contributed by atoms with Crippen molar-refractivity contribution in [3.63, 3.8) is 0 Å². The molecule has 0 radical (unpaired) electrons. The van der Waals surface area contributed by atoms with Gasteiger partial charge in [-0.25, -0.2) is 0 Å². The Kier molecular flexibility index (Phi) is 34.8. The second kappa shape index (κ2) is 32.8. The van der Waals surface area contributed by atoms with Gasteiger partial charge < -0.3 is 0 Å². The topological polar surface area (TPSA) is 77.4 Å². The number of rotatable bonds is 32. The molecule has 8 heteroatoms. The quantitative estimate of drug-likeness (QED) is 0.0537. The summed E-state index contributed by atoms with van der Waals surface area (Å²) in [5.74, 6) is 0. The minimum atomic E-state index is -2.97. The van der Waals surface area contributed by atoms with Crippen LogP contribution in [0.15, 0.2) is 0 Å². The Labute approximate surface area is 290 Å². The summed E-state index contributed by atoms with van der Waals surface area (Å²) in [6, 6.07) is 0. The van der Waals surface area contributed by atoms with Crippen LogP contribution in [0.5, 0.6) is 0 Å². The van der Waals surface area contributed by atoms with Gasteiger partial charge in [-0.2, -0.15) is 0 Å². The molecule has 0 aromatic rings. The Morgan fingerprint density at radius 1 is 0.326 bits per heavy atom. The molecule has 0 aliphatic rings. The molecule has 0 unspecified atom stereocenters. The summed E-state index contributed by atoms with van der Waals surface area (Å²) in [6.07, 6.45) is 30.4. The van der Waals surface area contributed by atoms with E-state index in [0.29, 0.717) is 12.3 Å². The van der Waals surface area contributed by atoms with Crippen molar-refractivity contribution in [1.82, 2.24) is 0 Å². The molecule has 2 N–H and O–H groups in total. The van der Waals surface area contributed by atoms with E-state index in [1.165, 1.54) is 128 Å². The molecular weight excluding hydrogens is 614 g/mol. The van der Waals surface area contributed by atoms with Gasteiger partial charge in [0, 0.05) is 0 Å². The average Bonchev–Trinajstić information content (AvgIpc) is 2.93. The number of hydrogen-bond acceptors (Lipinski definition) is 6. The fourth-order valence-corrected chi connectivity index (χ4v) is 10.7. The Bertz CT molecular complexity index is 546. The second-order valence-electron chi connectivity index (χ2n) is 14.7. The van der Waals surface area contributed by atoms with Crippen molar-refractivity contribution in [3.05, 3.63) is 0 Å². The molecule has 0 amide bonds. The molecule has 0 spiro atoms. The number of unbranched alkanes of at least 4 members (excludes halogenated alkanes) is 20. The summed E-state index contributed by atoms with van der Waals surface area (Å²) in [7, 11) is -5.94. The summed E-state index contributed by atoms with van der Waals surface area (Å²) in [6.45, 7) is 20.2. The Balaban J connectivity index is 0. The molecule has 46 heavy (non-hydrogen) atoms. The van der Waals surface area contributed by atoms with Crippen LogP contribution in [0.3, 0.4) is 0 Å². The van der Waals surface area contributed by atoms with E-state index in [0.717, 1.165) is 12.8 Å². The summed E-state index contributed by atoms with van der Waals surface area (Å²) in [4.78, 5) is 21.2. The minimum absolute atomic E-state index is 0.0260. The van der Waals surface area contributed by atoms with Gasteiger partial charge in [0.1, 0.15) is 0 Å². The van der Waals surface area contributed by atoms with E-state index in [1.807, 2.05) is 55.4 Å². The van der Waals surface area contributed by atoms with Crippen molar-refractivity contribution in [2.45, 2.75) is 235 Å². The van der Waals surface area contributed by atoms with Crippen molar-refractivity contribution in [2.75, 3.05) is 12.3 Å². The van der Waals surface area contributed by atoms with Crippen molar-refractivity contribution in [1.29, 1.82) is 0 Å². The molecule has 0 aliphatic carbocycles. The molecule has 284 valence electrons. The first kappa shape index (κ1) is 48.7. The standard InChI is InChI=1S/2C19H43O3P/c2*1-6-7-8-9-10-11-12-13-14-15-16-17-23(20,21-18(2)3)22-19(4)5/h2*18-20,23H,6-17H2,1-5H3. The van der Waals surface area contributed by atoms with Gasteiger partial charge in [0.25, 0.3) is 0 Å². The SMILES string of the molecule is CCCCCCCCCCCCC[PH](O)(OC(C)C)OC(C)C.CCCCCCCCCCCCC[PH](O)(OC(C)C)OC(C)C. The molecule has 0 aromatic heterocycles. The third-order valence-corrected chi connectivity index (χ3v) is 13.2. The Morgan fingerprint density at radius 2 is 0.500 bits per heavy atom. The summed E-state index contributed by atoms with van der Waals surface area (Å²) in [5, 5.41) is 0. The van der Waals surface area contributed by atoms with Gasteiger partial charge in [-0.15, -0.1) is 0 Å². The van der Waals surface area contributed by atoms with Gasteiger partial charge in [0.2, 0.25) is 0 Å². The Hall–Kier alpha value is 0.620. The van der Waals surface area contributed by atoms with Crippen molar-refractivity contribution >= 4 is 15.9 Å². The third kappa shape index (κ3) is 35.9. The van der Waals surface area contributed by atoms with Gasteiger partial charge in [-0.05, 0) is 0 Å². The van der Waals surface area contributed by atoms with E-state index >= 15 is 0 Å². The fourth-order valence-electron chi connectivity index (χ4n) is 5.79. The summed E-state index contributed by atoms with van der Waals surface area (Å²) in [5.41, 5.74) is 0. The van der Waals surface area contributed by atoms with E-state index in [4.69, 9.17) is 18.1 Å². The first-order chi connectivity index (χ1) is 21.8. The molecule has 0 saturated heterocycles. The van der Waals surface area contributed by atoms with E-state index in [1.54, 1.807) is 0 Å². The summed E-state index contributed by atoms with van der Waals surface area (Å²) >= 11 is 0. The normalized spacial score (nSPS) is 13.2. The van der Waals surface area contributed by atoms with E-state index < -0.39 is 15.9 Å². The fraction of sp³-hybridized carbons (Fsp3) is 1.00. The molecule has 0 atom stereocenters. The first-order valence-corrected chi connectivity index (χ1v) is 23.9. The molecule has 0 bridgehead atoms. The van der Waals surface area contributed by atoms with Crippen LogP contribution in [-0.4, -0.2) is 46.5 Å². The number of hydrogen-bond donors (Lipinski definition) is 2. The summed E-state index contributed by atoms with van der Waals surface area (Å²) < 4.78 is 22.9. The second-order valence-corrected chi connectivity index (χ2v) is 19.5. The monoisotopic (exact) mass is 701 g/mol. The van der Waals surface area contributed by atoms with Crippen LogP contribution < -0.4 is 0 Å². The average molecular weight is 701 g/mol. The maximum atomic E-state index is 10.6. The molecule has 0 rings (SSSR count). The molecule has 0 fully saturated rings. The van der Waals surface area contributed by atoms with Gasteiger partial charge in [0.15, 0.2) is 0 Å². The van der Waals surface area contributed by atoms with Crippen LogP contribution >= 0.6 is 15.9 Å². The van der Waals surface area contributed by atoms with E-state index in [9.17, 15) is 9.79 Å². The molecule has 0 aromatic carbocycles. The molecule has 0 heterocycles. The van der Waals surface area contributed by atoms with Crippen molar-refractivity contribution in [3.8, 4) is 0 Å². The van der Waals surface area contributed by atoms with Gasteiger partial charge >= 0.3 is 277 Å². The Morgan fingerprint density at radius 3 is 0.674 bits per heavy atom. The third-order valence-electron chi connectivity index (χ3n) is 7.87. The van der Waals surface area contributed by atoms with E-state index in [2.05, 4.69) is 13.8 Å².